The Morgan fingerprint density at radius 2 is 1.81 bits per heavy atom. The van der Waals surface area contributed by atoms with E-state index in [9.17, 15) is 30.0 Å². The fourth-order valence-corrected chi connectivity index (χ4v) is 6.96. The van der Waals surface area contributed by atoms with Gasteiger partial charge in [-0.1, -0.05) is 25.5 Å². The second kappa shape index (κ2) is 5.52. The summed E-state index contributed by atoms with van der Waals surface area (Å²) >= 11 is 0. The quantitative estimate of drug-likeness (QED) is 0.546. The molecule has 0 radical (unpaired) electrons. The Kier molecular flexibility index (Phi) is 3.85. The molecule has 0 heterocycles. The monoisotopic (exact) mass is 376 g/mol. The van der Waals surface area contributed by atoms with Crippen LogP contribution in [0.15, 0.2) is 23.8 Å². The summed E-state index contributed by atoms with van der Waals surface area (Å²) in [6.07, 6.45) is 9.00. The van der Waals surface area contributed by atoms with Crippen molar-refractivity contribution in [2.75, 3.05) is 0 Å². The molecular formula is C21H28O6. The van der Waals surface area contributed by atoms with Gasteiger partial charge in [0.2, 0.25) is 0 Å². The molecular weight excluding hydrogens is 348 g/mol. The highest BCUT2D eigenvalue weighted by Crippen LogP contribution is 2.68. The average Bonchev–Trinajstić information content (AvgIpc) is 2.88. The zero-order valence-corrected chi connectivity index (χ0v) is 15.8. The molecule has 4 aliphatic carbocycles. The van der Waals surface area contributed by atoms with Crippen molar-refractivity contribution in [2.45, 2.75) is 63.8 Å². The van der Waals surface area contributed by atoms with E-state index in [0.29, 0.717) is 18.8 Å². The van der Waals surface area contributed by atoms with Crippen molar-refractivity contribution in [2.24, 2.45) is 28.6 Å². The molecule has 0 aromatic rings. The Morgan fingerprint density at radius 3 is 2.48 bits per heavy atom. The summed E-state index contributed by atoms with van der Waals surface area (Å²) in [6.45, 7) is 3.99. The minimum absolute atomic E-state index is 0.0173. The van der Waals surface area contributed by atoms with Gasteiger partial charge in [0.05, 0.1) is 0 Å². The smallest absolute Gasteiger partial charge is 0.367 e. The van der Waals surface area contributed by atoms with Gasteiger partial charge >= 0.3 is 5.97 Å². The summed E-state index contributed by atoms with van der Waals surface area (Å²) in [5, 5.41) is 41.1. The zero-order valence-electron chi connectivity index (χ0n) is 15.8. The largest absolute Gasteiger partial charge is 0.477 e. The van der Waals surface area contributed by atoms with Crippen molar-refractivity contribution in [3.05, 3.63) is 23.8 Å². The number of rotatable bonds is 2. The van der Waals surface area contributed by atoms with Gasteiger partial charge < -0.3 is 20.4 Å². The molecule has 3 fully saturated rings. The second-order valence-electron chi connectivity index (χ2n) is 9.44. The molecule has 0 aliphatic heterocycles. The van der Waals surface area contributed by atoms with Gasteiger partial charge in [-0.3, -0.25) is 4.79 Å². The SMILES string of the molecule is C[C@]12C=CC(=O)C=C1CC[C@@H]1[C@@H]2CC[C@@]2(C)[C@H]1CC[C@]2(O)C(O)(O)C(=O)O. The summed E-state index contributed by atoms with van der Waals surface area (Å²) in [7, 11) is 0. The molecule has 148 valence electrons. The number of carbonyl (C=O) groups excluding carboxylic acids is 1. The fraction of sp³-hybridized carbons (Fsp3) is 0.714. The first-order chi connectivity index (χ1) is 12.5. The third-order valence-electron chi connectivity index (χ3n) is 8.58. The van der Waals surface area contributed by atoms with Gasteiger partial charge in [0.1, 0.15) is 5.60 Å². The van der Waals surface area contributed by atoms with Crippen LogP contribution in [0, 0.1) is 28.6 Å². The topological polar surface area (TPSA) is 115 Å². The number of carboxylic acids is 1. The van der Waals surface area contributed by atoms with E-state index in [1.807, 2.05) is 13.0 Å². The van der Waals surface area contributed by atoms with Crippen LogP contribution in [0.5, 0.6) is 0 Å². The van der Waals surface area contributed by atoms with E-state index < -0.39 is 22.8 Å². The molecule has 0 aromatic heterocycles. The van der Waals surface area contributed by atoms with Gasteiger partial charge in [0.15, 0.2) is 5.78 Å². The summed E-state index contributed by atoms with van der Waals surface area (Å²) in [6, 6.07) is 0. The molecule has 0 saturated heterocycles. The Bertz CT molecular complexity index is 767. The first kappa shape index (κ1) is 18.8. The number of allylic oxidation sites excluding steroid dienone is 4. The first-order valence-electron chi connectivity index (χ1n) is 9.82. The number of carboxylic acid groups (broad SMARTS) is 1. The Morgan fingerprint density at radius 1 is 1.15 bits per heavy atom. The van der Waals surface area contributed by atoms with Crippen molar-refractivity contribution in [3.63, 3.8) is 0 Å². The third-order valence-corrected chi connectivity index (χ3v) is 8.58. The van der Waals surface area contributed by atoms with Crippen molar-refractivity contribution in [1.82, 2.24) is 0 Å². The van der Waals surface area contributed by atoms with Gasteiger partial charge in [0, 0.05) is 10.8 Å². The van der Waals surface area contributed by atoms with Gasteiger partial charge in [-0.25, -0.2) is 4.79 Å². The van der Waals surface area contributed by atoms with E-state index >= 15 is 0 Å². The lowest BCUT2D eigenvalue weighted by Gasteiger charge is -2.59. The highest BCUT2D eigenvalue weighted by Gasteiger charge is 2.72. The van der Waals surface area contributed by atoms with Crippen LogP contribution in [0.3, 0.4) is 0 Å². The van der Waals surface area contributed by atoms with Crippen LogP contribution < -0.4 is 0 Å². The molecule has 6 nitrogen and oxygen atoms in total. The van der Waals surface area contributed by atoms with Crippen LogP contribution in [0.25, 0.3) is 0 Å². The van der Waals surface area contributed by atoms with E-state index in [0.717, 1.165) is 24.8 Å². The Balaban J connectivity index is 1.71. The minimum Gasteiger partial charge on any atom is -0.477 e. The minimum atomic E-state index is -3.16. The zero-order chi connectivity index (χ0) is 19.8. The van der Waals surface area contributed by atoms with Crippen molar-refractivity contribution in [3.8, 4) is 0 Å². The van der Waals surface area contributed by atoms with Crippen LogP contribution in [0.4, 0.5) is 0 Å². The fourth-order valence-electron chi connectivity index (χ4n) is 6.96. The molecule has 27 heavy (non-hydrogen) atoms. The summed E-state index contributed by atoms with van der Waals surface area (Å²) < 4.78 is 0. The van der Waals surface area contributed by atoms with Gasteiger partial charge in [-0.15, -0.1) is 0 Å². The van der Waals surface area contributed by atoms with Gasteiger partial charge in [-0.2, -0.15) is 0 Å². The standard InChI is InChI=1S/C21H28O6/c1-18-8-5-13(22)11-12(18)3-4-14-15(18)6-9-19(2)16(14)7-10-20(19,25)21(26,27)17(23)24/h5,8,11,14-16,25-27H,3-4,6-7,9-10H2,1-2H3,(H,23,24)/t14-,15+,16+,18+,19+,20-/m1/s1. The van der Waals surface area contributed by atoms with Crippen LogP contribution in [0.1, 0.15) is 52.4 Å². The molecule has 0 aromatic carbocycles. The maximum Gasteiger partial charge on any atom is 0.367 e. The van der Waals surface area contributed by atoms with Gasteiger partial charge in [-0.05, 0) is 68.4 Å². The molecule has 0 bridgehead atoms. The lowest BCUT2D eigenvalue weighted by atomic mass is 9.47. The maximum atomic E-state index is 11.8. The number of ketones is 1. The molecule has 0 amide bonds. The van der Waals surface area contributed by atoms with E-state index in [-0.39, 0.29) is 29.5 Å². The van der Waals surface area contributed by atoms with Crippen LogP contribution in [-0.2, 0) is 9.59 Å². The molecule has 6 heteroatoms. The normalized spacial score (nSPS) is 46.3. The van der Waals surface area contributed by atoms with E-state index in [4.69, 9.17) is 0 Å². The number of hydrogen-bond donors (Lipinski definition) is 4. The van der Waals surface area contributed by atoms with Gasteiger partial charge in [0.25, 0.3) is 5.79 Å². The molecule has 0 unspecified atom stereocenters. The maximum absolute atomic E-state index is 11.8. The third kappa shape index (κ3) is 2.18. The molecule has 0 spiro atoms. The highest BCUT2D eigenvalue weighted by molar-refractivity contribution is 6.01. The summed E-state index contributed by atoms with van der Waals surface area (Å²) in [5.41, 5.74) is -1.97. The lowest BCUT2D eigenvalue weighted by molar-refractivity contribution is -0.304. The van der Waals surface area contributed by atoms with Crippen LogP contribution in [-0.4, -0.2) is 43.6 Å². The number of hydrogen-bond acceptors (Lipinski definition) is 5. The lowest BCUT2D eigenvalue weighted by Crippen LogP contribution is -2.67. The van der Waals surface area contributed by atoms with Crippen molar-refractivity contribution in [1.29, 1.82) is 0 Å². The second-order valence-corrected chi connectivity index (χ2v) is 9.44. The number of fused-ring (bicyclic) bond motifs is 5. The van der Waals surface area contributed by atoms with E-state index in [1.165, 1.54) is 0 Å². The van der Waals surface area contributed by atoms with Crippen molar-refractivity contribution < 1.29 is 30.0 Å². The number of carbonyl (C=O) groups is 2. The number of aliphatic carboxylic acids is 1. The Hall–Kier alpha value is -1.50. The van der Waals surface area contributed by atoms with Crippen LogP contribution in [0.2, 0.25) is 0 Å². The van der Waals surface area contributed by atoms with E-state index in [2.05, 4.69) is 6.92 Å². The first-order valence-corrected chi connectivity index (χ1v) is 9.82. The average molecular weight is 376 g/mol. The summed E-state index contributed by atoms with van der Waals surface area (Å²) in [4.78, 5) is 23.3. The predicted octanol–water partition coefficient (Wildman–Crippen LogP) is 1.79. The molecule has 3 saturated carbocycles. The predicted molar refractivity (Wildman–Crippen MR) is 96.4 cm³/mol. The molecule has 4 aliphatic rings. The highest BCUT2D eigenvalue weighted by atomic mass is 16.6. The van der Waals surface area contributed by atoms with Crippen molar-refractivity contribution >= 4 is 11.8 Å². The summed E-state index contributed by atoms with van der Waals surface area (Å²) in [5.74, 6) is -4.36. The number of aliphatic hydroxyl groups is 3. The van der Waals surface area contributed by atoms with Crippen LogP contribution >= 0.6 is 0 Å². The van der Waals surface area contributed by atoms with E-state index in [1.54, 1.807) is 12.2 Å². The Labute approximate surface area is 158 Å². The molecule has 4 N–H and O–H groups in total. The molecule has 4 rings (SSSR count). The molecule has 6 atom stereocenters.